The molecule has 0 aliphatic heterocycles. The molecule has 0 aromatic carbocycles. The quantitative estimate of drug-likeness (QED) is 0.587. The summed E-state index contributed by atoms with van der Waals surface area (Å²) in [6.45, 7) is -0.163. The van der Waals surface area contributed by atoms with Crippen molar-refractivity contribution in [1.29, 1.82) is 0 Å². The molecule has 0 aliphatic rings. The summed E-state index contributed by atoms with van der Waals surface area (Å²) in [5.41, 5.74) is 0.227. The zero-order chi connectivity index (χ0) is 7.56. The first-order valence-corrected chi connectivity index (χ1v) is 3.10. The molecule has 3 nitrogen and oxygen atoms in total. The number of aliphatic hydroxyl groups excluding tert-OH is 1. The summed E-state index contributed by atoms with van der Waals surface area (Å²) in [7, 11) is 0. The van der Waals surface area contributed by atoms with Crippen LogP contribution in [0.25, 0.3) is 0 Å². The van der Waals surface area contributed by atoms with Crippen LogP contribution in [0.5, 0.6) is 0 Å². The topological polar surface area (TPSA) is 53.1 Å². The summed E-state index contributed by atoms with van der Waals surface area (Å²) in [4.78, 5) is 13.0. The van der Waals surface area contributed by atoms with Gasteiger partial charge in [0.05, 0.1) is 6.61 Å². The van der Waals surface area contributed by atoms with E-state index >= 15 is 0 Å². The molecule has 54 valence electrons. The zero-order valence-corrected chi connectivity index (χ0v) is 5.85. The van der Waals surface area contributed by atoms with Gasteiger partial charge in [0.25, 0.3) is 0 Å². The third-order valence-corrected chi connectivity index (χ3v) is 1.26. The Labute approximate surface area is 62.3 Å². The fourth-order valence-corrected chi connectivity index (χ4v) is 0.887. The van der Waals surface area contributed by atoms with Crippen LogP contribution >= 0.6 is 11.6 Å². The Morgan fingerprint density at radius 1 is 1.60 bits per heavy atom. The lowest BCUT2D eigenvalue weighted by Crippen LogP contribution is -2.05. The first-order valence-electron chi connectivity index (χ1n) is 2.72. The summed E-state index contributed by atoms with van der Waals surface area (Å²) in [6, 6.07) is 2.80. The van der Waals surface area contributed by atoms with Crippen molar-refractivity contribution in [3.63, 3.8) is 0 Å². The van der Waals surface area contributed by atoms with E-state index in [4.69, 9.17) is 16.7 Å². The van der Waals surface area contributed by atoms with Gasteiger partial charge in [0, 0.05) is 6.07 Å². The molecule has 10 heavy (non-hydrogen) atoms. The van der Waals surface area contributed by atoms with Crippen LogP contribution < -0.4 is 5.56 Å². The predicted octanol–water partition coefficient (Wildman–Crippen LogP) is 0.521. The summed E-state index contributed by atoms with van der Waals surface area (Å²) < 4.78 is 0. The van der Waals surface area contributed by atoms with Crippen LogP contribution in [0, 0.1) is 0 Å². The molecule has 0 radical (unpaired) electrons. The number of H-pyrrole nitrogens is 1. The molecule has 1 aromatic heterocycles. The summed E-state index contributed by atoms with van der Waals surface area (Å²) in [5, 5.41) is 8.82. The third-order valence-electron chi connectivity index (χ3n) is 1.05. The van der Waals surface area contributed by atoms with Crippen LogP contribution in [0.1, 0.15) is 5.56 Å². The lowest BCUT2D eigenvalue weighted by molar-refractivity contribution is 0.281. The van der Waals surface area contributed by atoms with E-state index in [9.17, 15) is 4.79 Å². The third kappa shape index (κ3) is 1.59. The molecule has 0 atom stereocenters. The number of aromatic nitrogens is 1. The van der Waals surface area contributed by atoms with E-state index in [0.717, 1.165) is 0 Å². The second kappa shape index (κ2) is 2.86. The SMILES string of the molecule is O=c1cc(CO)cc(Cl)[nH]1. The largest absolute Gasteiger partial charge is 0.392 e. The van der Waals surface area contributed by atoms with Crippen molar-refractivity contribution in [2.75, 3.05) is 0 Å². The highest BCUT2D eigenvalue weighted by atomic mass is 35.5. The van der Waals surface area contributed by atoms with Crippen molar-refractivity contribution in [2.24, 2.45) is 0 Å². The average Bonchev–Trinajstić information content (AvgIpc) is 1.85. The van der Waals surface area contributed by atoms with Crippen LogP contribution in [0.2, 0.25) is 5.15 Å². The highest BCUT2D eigenvalue weighted by molar-refractivity contribution is 6.29. The minimum Gasteiger partial charge on any atom is -0.392 e. The maximum absolute atomic E-state index is 10.6. The van der Waals surface area contributed by atoms with Gasteiger partial charge in [-0.25, -0.2) is 0 Å². The van der Waals surface area contributed by atoms with E-state index in [2.05, 4.69) is 4.98 Å². The molecule has 2 N–H and O–H groups in total. The molecule has 0 bridgehead atoms. The molecule has 0 unspecified atom stereocenters. The van der Waals surface area contributed by atoms with Gasteiger partial charge < -0.3 is 10.1 Å². The summed E-state index contributed by atoms with van der Waals surface area (Å²) in [6.07, 6.45) is 0. The lowest BCUT2D eigenvalue weighted by atomic mass is 10.3. The van der Waals surface area contributed by atoms with Gasteiger partial charge in [0.15, 0.2) is 0 Å². The molecule has 0 aliphatic carbocycles. The fraction of sp³-hybridized carbons (Fsp3) is 0.167. The monoisotopic (exact) mass is 159 g/mol. The summed E-state index contributed by atoms with van der Waals surface area (Å²) >= 11 is 5.46. The van der Waals surface area contributed by atoms with Gasteiger partial charge in [-0.1, -0.05) is 11.6 Å². The Kier molecular flexibility index (Phi) is 2.09. The maximum atomic E-state index is 10.6. The van der Waals surface area contributed by atoms with E-state index in [0.29, 0.717) is 5.56 Å². The van der Waals surface area contributed by atoms with Crippen molar-refractivity contribution in [1.82, 2.24) is 4.98 Å². The summed E-state index contributed by atoms with van der Waals surface area (Å²) in [5.74, 6) is 0. The Balaban J connectivity index is 3.19. The first-order chi connectivity index (χ1) is 4.72. The Hall–Kier alpha value is -0.800. The molecule has 0 fully saturated rings. The van der Waals surface area contributed by atoms with Crippen molar-refractivity contribution >= 4 is 11.6 Å². The Morgan fingerprint density at radius 3 is 2.80 bits per heavy atom. The van der Waals surface area contributed by atoms with E-state index in [1.54, 1.807) is 0 Å². The van der Waals surface area contributed by atoms with E-state index in [1.165, 1.54) is 12.1 Å². The second-order valence-electron chi connectivity index (χ2n) is 1.86. The molecule has 0 saturated carbocycles. The number of hydrogen-bond acceptors (Lipinski definition) is 2. The minimum absolute atomic E-state index is 0.163. The Bertz CT molecular complexity index is 281. The Morgan fingerprint density at radius 2 is 2.30 bits per heavy atom. The number of rotatable bonds is 1. The van der Waals surface area contributed by atoms with E-state index < -0.39 is 0 Å². The van der Waals surface area contributed by atoms with Gasteiger partial charge in [0.2, 0.25) is 5.56 Å². The van der Waals surface area contributed by atoms with Gasteiger partial charge in [-0.2, -0.15) is 0 Å². The van der Waals surface area contributed by atoms with Crippen LogP contribution in [0.3, 0.4) is 0 Å². The van der Waals surface area contributed by atoms with E-state index in [1.807, 2.05) is 0 Å². The number of hydrogen-bond donors (Lipinski definition) is 2. The van der Waals surface area contributed by atoms with Crippen molar-refractivity contribution in [3.05, 3.63) is 33.2 Å². The number of nitrogens with one attached hydrogen (secondary N) is 1. The lowest BCUT2D eigenvalue weighted by Gasteiger charge is -1.93. The molecule has 1 heterocycles. The minimum atomic E-state index is -0.295. The zero-order valence-electron chi connectivity index (χ0n) is 5.10. The number of aromatic amines is 1. The highest BCUT2D eigenvalue weighted by Crippen LogP contribution is 2.03. The molecule has 0 spiro atoms. The highest BCUT2D eigenvalue weighted by Gasteiger charge is 1.93. The molecule has 4 heteroatoms. The van der Waals surface area contributed by atoms with Gasteiger partial charge in [-0.05, 0) is 11.6 Å². The molecular weight excluding hydrogens is 154 g/mol. The van der Waals surface area contributed by atoms with Crippen LogP contribution in [-0.2, 0) is 6.61 Å². The first kappa shape index (κ1) is 7.31. The van der Waals surface area contributed by atoms with Gasteiger partial charge in [0.1, 0.15) is 5.15 Å². The maximum Gasteiger partial charge on any atom is 0.249 e. The van der Waals surface area contributed by atoms with Crippen LogP contribution in [0.15, 0.2) is 16.9 Å². The molecule has 1 rings (SSSR count). The number of aliphatic hydroxyl groups is 1. The molecular formula is C6H6ClNO2. The van der Waals surface area contributed by atoms with Gasteiger partial charge >= 0.3 is 0 Å². The standard InChI is InChI=1S/C6H6ClNO2/c7-5-1-4(3-9)2-6(10)8-5/h1-2,9H,3H2,(H,8,10). The average molecular weight is 160 g/mol. The van der Waals surface area contributed by atoms with Crippen molar-refractivity contribution < 1.29 is 5.11 Å². The van der Waals surface area contributed by atoms with Crippen LogP contribution in [0.4, 0.5) is 0 Å². The van der Waals surface area contributed by atoms with Crippen molar-refractivity contribution in [3.8, 4) is 0 Å². The molecule has 1 aromatic rings. The molecule has 0 saturated heterocycles. The van der Waals surface area contributed by atoms with Gasteiger partial charge in [-0.15, -0.1) is 0 Å². The van der Waals surface area contributed by atoms with Crippen molar-refractivity contribution in [2.45, 2.75) is 6.61 Å². The normalized spacial score (nSPS) is 9.80. The predicted molar refractivity (Wildman–Crippen MR) is 38.0 cm³/mol. The van der Waals surface area contributed by atoms with Crippen LogP contribution in [-0.4, -0.2) is 10.1 Å². The van der Waals surface area contributed by atoms with E-state index in [-0.39, 0.29) is 17.3 Å². The number of pyridine rings is 1. The fourth-order valence-electron chi connectivity index (χ4n) is 0.654. The number of halogens is 1. The second-order valence-corrected chi connectivity index (χ2v) is 2.27. The van der Waals surface area contributed by atoms with Gasteiger partial charge in [-0.3, -0.25) is 4.79 Å². The molecule has 0 amide bonds. The smallest absolute Gasteiger partial charge is 0.249 e.